The number of nitrogens with one attached hydrogen (secondary N) is 1. The van der Waals surface area contributed by atoms with E-state index in [2.05, 4.69) is 25.6 Å². The summed E-state index contributed by atoms with van der Waals surface area (Å²) >= 11 is 0. The molecule has 0 radical (unpaired) electrons. The highest BCUT2D eigenvalue weighted by Crippen LogP contribution is 2.25. The molecule has 0 spiro atoms. The van der Waals surface area contributed by atoms with Crippen LogP contribution in [0.5, 0.6) is 5.88 Å². The van der Waals surface area contributed by atoms with E-state index in [0.29, 0.717) is 27.9 Å². The number of nitrogens with zero attached hydrogens (tertiary/aromatic N) is 5. The normalized spacial score (nSPS) is 12.0. The summed E-state index contributed by atoms with van der Waals surface area (Å²) in [6.45, 7) is 3.99. The average molecular weight is 454 g/mol. The Morgan fingerprint density at radius 2 is 2.03 bits per heavy atom. The molecule has 3 rings (SSSR count). The average Bonchev–Trinajstić information content (AvgIpc) is 3.10. The van der Waals surface area contributed by atoms with Gasteiger partial charge in [0.15, 0.2) is 6.61 Å². The molecule has 0 aliphatic carbocycles. The van der Waals surface area contributed by atoms with Crippen molar-refractivity contribution >= 4 is 16.8 Å². The summed E-state index contributed by atoms with van der Waals surface area (Å²) in [6.07, 6.45) is -0.427. The molecule has 0 atom stereocenters. The molecule has 0 fully saturated rings. The monoisotopic (exact) mass is 454 g/mol. The predicted octanol–water partition coefficient (Wildman–Crippen LogP) is 2.92. The second-order valence-electron chi connectivity index (χ2n) is 7.59. The number of aromatic nitrogens is 5. The maximum absolute atomic E-state index is 13.0. The third-order valence-corrected chi connectivity index (χ3v) is 4.38. The number of fused-ring (bicyclic) bond motifs is 1. The molecule has 3 aromatic rings. The Labute approximate surface area is 181 Å². The van der Waals surface area contributed by atoms with Crippen LogP contribution in [0, 0.1) is 6.92 Å². The van der Waals surface area contributed by atoms with E-state index < -0.39 is 19.0 Å². The highest BCUT2D eigenvalue weighted by Gasteiger charge is 2.42. The lowest BCUT2D eigenvalue weighted by molar-refractivity contribution is -0.148. The van der Waals surface area contributed by atoms with Gasteiger partial charge in [0.05, 0.1) is 29.9 Å². The Morgan fingerprint density at radius 3 is 2.69 bits per heavy atom. The fourth-order valence-electron chi connectivity index (χ4n) is 2.94. The number of hydrogen-bond donors (Lipinski definition) is 1. The highest BCUT2D eigenvalue weighted by molar-refractivity contribution is 5.86. The van der Waals surface area contributed by atoms with Crippen molar-refractivity contribution < 1.29 is 27.1 Å². The van der Waals surface area contributed by atoms with Gasteiger partial charge < -0.3 is 10.1 Å². The summed E-state index contributed by atoms with van der Waals surface area (Å²) in [6, 6.07) is 3.27. The molecule has 3 heterocycles. The number of pyridine rings is 1. The molecule has 1 N–H and O–H groups in total. The topological polar surface area (TPSA) is 94.8 Å². The van der Waals surface area contributed by atoms with E-state index in [1.54, 1.807) is 36.1 Å². The number of alkyl halides is 4. The van der Waals surface area contributed by atoms with E-state index in [0.717, 1.165) is 0 Å². The van der Waals surface area contributed by atoms with Gasteiger partial charge in [0.2, 0.25) is 11.8 Å². The first kappa shape index (κ1) is 23.4. The Morgan fingerprint density at radius 1 is 1.28 bits per heavy atom. The first-order valence-corrected chi connectivity index (χ1v) is 9.77. The number of amides is 1. The van der Waals surface area contributed by atoms with Crippen LogP contribution in [0.25, 0.3) is 10.9 Å². The van der Waals surface area contributed by atoms with Crippen molar-refractivity contribution in [2.75, 3.05) is 6.61 Å². The second-order valence-corrected chi connectivity index (χ2v) is 7.59. The van der Waals surface area contributed by atoms with Crippen LogP contribution in [0.1, 0.15) is 30.8 Å². The minimum Gasteiger partial charge on any atom is -0.470 e. The molecule has 0 unspecified atom stereocenters. The number of halogens is 4. The lowest BCUT2D eigenvalue weighted by Crippen LogP contribution is -2.34. The molecule has 3 aromatic heterocycles. The molecule has 8 nitrogen and oxygen atoms in total. The summed E-state index contributed by atoms with van der Waals surface area (Å²) in [5.74, 6) is -4.68. The Kier molecular flexibility index (Phi) is 6.90. The molecule has 0 aliphatic rings. The van der Waals surface area contributed by atoms with Crippen molar-refractivity contribution in [1.29, 1.82) is 0 Å². The van der Waals surface area contributed by atoms with Crippen LogP contribution in [0.2, 0.25) is 0 Å². The van der Waals surface area contributed by atoms with E-state index >= 15 is 0 Å². The lowest BCUT2D eigenvalue weighted by Gasteiger charge is -2.16. The van der Waals surface area contributed by atoms with Crippen LogP contribution in [-0.2, 0) is 17.8 Å². The number of carbonyl (C=O) groups is 1. The van der Waals surface area contributed by atoms with Gasteiger partial charge in [-0.2, -0.15) is 13.9 Å². The minimum absolute atomic E-state index is 0.0137. The van der Waals surface area contributed by atoms with Crippen molar-refractivity contribution in [2.45, 2.75) is 52.1 Å². The van der Waals surface area contributed by atoms with E-state index in [1.807, 2.05) is 13.8 Å². The predicted molar refractivity (Wildman–Crippen MR) is 107 cm³/mol. The number of hydrogen-bond acceptors (Lipinski definition) is 6. The van der Waals surface area contributed by atoms with Crippen LogP contribution in [0.15, 0.2) is 24.5 Å². The van der Waals surface area contributed by atoms with Gasteiger partial charge in [0, 0.05) is 29.4 Å². The third kappa shape index (κ3) is 5.68. The van der Waals surface area contributed by atoms with E-state index in [9.17, 15) is 22.4 Å². The van der Waals surface area contributed by atoms with Crippen molar-refractivity contribution in [3.63, 3.8) is 0 Å². The fourth-order valence-corrected chi connectivity index (χ4v) is 2.94. The second kappa shape index (κ2) is 9.45. The Hall–Kier alpha value is -3.31. The molecular formula is C20H22F4N6O2. The van der Waals surface area contributed by atoms with E-state index in [4.69, 9.17) is 4.74 Å². The van der Waals surface area contributed by atoms with Gasteiger partial charge in [-0.15, -0.1) is 10.2 Å². The molecular weight excluding hydrogens is 432 g/mol. The van der Waals surface area contributed by atoms with Crippen LogP contribution in [-0.4, -0.2) is 55.9 Å². The van der Waals surface area contributed by atoms with E-state index in [1.165, 1.54) is 0 Å². The van der Waals surface area contributed by atoms with Gasteiger partial charge >= 0.3 is 12.3 Å². The SMILES string of the molecule is Cc1cc(Cn2cc3c(CC(=O)NC(C)C)nccc3n2)nnc1OCC(F)(F)C(F)F. The van der Waals surface area contributed by atoms with Gasteiger partial charge in [0.1, 0.15) is 0 Å². The molecule has 12 heteroatoms. The molecule has 0 bridgehead atoms. The van der Waals surface area contributed by atoms with Crippen molar-refractivity contribution in [3.05, 3.63) is 41.5 Å². The quantitative estimate of drug-likeness (QED) is 0.500. The highest BCUT2D eigenvalue weighted by atomic mass is 19.3. The van der Waals surface area contributed by atoms with Gasteiger partial charge in [0.25, 0.3) is 0 Å². The fraction of sp³-hybridized carbons (Fsp3) is 0.450. The summed E-state index contributed by atoms with van der Waals surface area (Å²) < 4.78 is 56.9. The smallest absolute Gasteiger partial charge is 0.340 e. The number of rotatable bonds is 9. The summed E-state index contributed by atoms with van der Waals surface area (Å²) in [7, 11) is 0. The molecule has 0 aromatic carbocycles. The minimum atomic E-state index is -4.28. The zero-order valence-corrected chi connectivity index (χ0v) is 17.6. The summed E-state index contributed by atoms with van der Waals surface area (Å²) in [5, 5.41) is 15.6. The maximum atomic E-state index is 13.0. The van der Waals surface area contributed by atoms with Crippen LogP contribution < -0.4 is 10.1 Å². The van der Waals surface area contributed by atoms with Crippen molar-refractivity contribution in [1.82, 2.24) is 30.3 Å². The Balaban J connectivity index is 1.73. The molecule has 0 saturated heterocycles. The molecule has 1 amide bonds. The van der Waals surface area contributed by atoms with Gasteiger partial charge in [-0.1, -0.05) is 0 Å². The van der Waals surface area contributed by atoms with Gasteiger partial charge in [-0.05, 0) is 32.9 Å². The molecule has 0 saturated carbocycles. The van der Waals surface area contributed by atoms with Gasteiger partial charge in [-0.25, -0.2) is 8.78 Å². The van der Waals surface area contributed by atoms with Crippen LogP contribution in [0.4, 0.5) is 17.6 Å². The summed E-state index contributed by atoms with van der Waals surface area (Å²) in [4.78, 5) is 16.4. The molecule has 172 valence electrons. The first-order chi connectivity index (χ1) is 15.0. The molecule has 0 aliphatic heterocycles. The van der Waals surface area contributed by atoms with Gasteiger partial charge in [-0.3, -0.25) is 14.5 Å². The standard InChI is InChI=1S/C20H22F4N6O2/c1-11(2)26-17(31)7-16-14-9-30(29-15(14)4-5-25-16)8-13-6-12(3)18(28-27-13)32-10-20(23,24)19(21)22/h4-6,9,11,19H,7-8,10H2,1-3H3,(H,26,31). The molecule has 32 heavy (non-hydrogen) atoms. The number of aryl methyl sites for hydroxylation is 1. The van der Waals surface area contributed by atoms with Crippen molar-refractivity contribution in [3.8, 4) is 5.88 Å². The van der Waals surface area contributed by atoms with Crippen molar-refractivity contribution in [2.24, 2.45) is 0 Å². The lowest BCUT2D eigenvalue weighted by atomic mass is 10.2. The zero-order chi connectivity index (χ0) is 23.5. The summed E-state index contributed by atoms with van der Waals surface area (Å²) in [5.41, 5.74) is 2.05. The van der Waals surface area contributed by atoms with Crippen LogP contribution >= 0.6 is 0 Å². The maximum Gasteiger partial charge on any atom is 0.340 e. The van der Waals surface area contributed by atoms with E-state index in [-0.39, 0.29) is 30.8 Å². The number of ether oxygens (including phenoxy) is 1. The Bertz CT molecular complexity index is 1100. The zero-order valence-electron chi connectivity index (χ0n) is 17.6. The van der Waals surface area contributed by atoms with Crippen LogP contribution in [0.3, 0.4) is 0 Å². The first-order valence-electron chi connectivity index (χ1n) is 9.77. The largest absolute Gasteiger partial charge is 0.470 e. The third-order valence-electron chi connectivity index (χ3n) is 4.38. The number of carbonyl (C=O) groups excluding carboxylic acids is 1.